The maximum Gasteiger partial charge on any atom is 0.130 e. The molecule has 0 bridgehead atoms. The first kappa shape index (κ1) is 15.3. The number of nitrogens with zero attached hydrogens (tertiary/aromatic N) is 4. The number of nitrogens with one attached hydrogen (secondary N) is 1. The first-order valence-corrected chi connectivity index (χ1v) is 7.49. The van der Waals surface area contributed by atoms with Crippen LogP contribution in [0.2, 0.25) is 0 Å². The van der Waals surface area contributed by atoms with Gasteiger partial charge in [0.1, 0.15) is 11.6 Å². The van der Waals surface area contributed by atoms with Gasteiger partial charge < -0.3 is 9.30 Å². The number of hydrogen-bond acceptors (Lipinski definition) is 4. The second kappa shape index (κ2) is 6.66. The van der Waals surface area contributed by atoms with E-state index in [0.29, 0.717) is 0 Å². The van der Waals surface area contributed by atoms with Crippen molar-refractivity contribution in [3.8, 4) is 5.75 Å². The monoisotopic (exact) mass is 311 g/mol. The molecule has 120 valence electrons. The van der Waals surface area contributed by atoms with E-state index in [0.717, 1.165) is 29.2 Å². The molecule has 0 spiro atoms. The van der Waals surface area contributed by atoms with Gasteiger partial charge in [0, 0.05) is 44.8 Å². The SMILES string of the molecule is COc1ccc([C@H](NCc2cnn(C)c2)c2nccn2C)cc1. The summed E-state index contributed by atoms with van der Waals surface area (Å²) >= 11 is 0. The maximum atomic E-state index is 5.24. The first-order valence-electron chi connectivity index (χ1n) is 7.49. The van der Waals surface area contributed by atoms with Crippen LogP contribution in [0.5, 0.6) is 5.75 Å². The minimum Gasteiger partial charge on any atom is -0.497 e. The number of rotatable bonds is 6. The van der Waals surface area contributed by atoms with E-state index in [1.165, 1.54) is 0 Å². The average molecular weight is 311 g/mol. The standard InChI is InChI=1S/C17H21N5O/c1-21-9-8-18-17(21)16(14-4-6-15(23-3)7-5-14)19-10-13-11-20-22(2)12-13/h4-9,11-12,16,19H,10H2,1-3H3/t16-/m0/s1. The first-order chi connectivity index (χ1) is 11.2. The second-order valence-electron chi connectivity index (χ2n) is 5.51. The highest BCUT2D eigenvalue weighted by molar-refractivity contribution is 5.32. The van der Waals surface area contributed by atoms with Crippen molar-refractivity contribution >= 4 is 0 Å². The molecule has 3 rings (SSSR count). The molecule has 2 aromatic heterocycles. The Balaban J connectivity index is 1.85. The molecule has 6 nitrogen and oxygen atoms in total. The Morgan fingerprint density at radius 3 is 2.57 bits per heavy atom. The van der Waals surface area contributed by atoms with Gasteiger partial charge in [-0.05, 0) is 17.7 Å². The molecule has 2 heterocycles. The molecule has 3 aromatic rings. The highest BCUT2D eigenvalue weighted by atomic mass is 16.5. The minimum absolute atomic E-state index is 0.00103. The molecule has 0 aliphatic carbocycles. The van der Waals surface area contributed by atoms with Crippen molar-refractivity contribution in [2.45, 2.75) is 12.6 Å². The summed E-state index contributed by atoms with van der Waals surface area (Å²) in [6, 6.07) is 8.07. The summed E-state index contributed by atoms with van der Waals surface area (Å²) in [7, 11) is 5.60. The van der Waals surface area contributed by atoms with Gasteiger partial charge in [-0.3, -0.25) is 10.00 Å². The van der Waals surface area contributed by atoms with E-state index in [2.05, 4.69) is 27.5 Å². The Kier molecular flexibility index (Phi) is 4.43. The second-order valence-corrected chi connectivity index (χ2v) is 5.51. The fraction of sp³-hybridized carbons (Fsp3) is 0.294. The van der Waals surface area contributed by atoms with E-state index in [4.69, 9.17) is 4.74 Å². The quantitative estimate of drug-likeness (QED) is 0.757. The van der Waals surface area contributed by atoms with E-state index in [9.17, 15) is 0 Å². The van der Waals surface area contributed by atoms with Crippen molar-refractivity contribution in [2.75, 3.05) is 7.11 Å². The molecule has 0 unspecified atom stereocenters. The molecule has 1 atom stereocenters. The third-order valence-corrected chi connectivity index (χ3v) is 3.83. The van der Waals surface area contributed by atoms with E-state index in [1.54, 1.807) is 11.8 Å². The minimum atomic E-state index is 0.00103. The lowest BCUT2D eigenvalue weighted by atomic mass is 10.1. The summed E-state index contributed by atoms with van der Waals surface area (Å²) in [6.07, 6.45) is 7.65. The van der Waals surface area contributed by atoms with Gasteiger partial charge in [0.05, 0.1) is 19.3 Å². The summed E-state index contributed by atoms with van der Waals surface area (Å²) < 4.78 is 9.08. The van der Waals surface area contributed by atoms with Crippen LogP contribution in [0.25, 0.3) is 0 Å². The molecule has 0 saturated heterocycles. The van der Waals surface area contributed by atoms with Crippen LogP contribution in [0.15, 0.2) is 49.1 Å². The lowest BCUT2D eigenvalue weighted by molar-refractivity contribution is 0.414. The van der Waals surface area contributed by atoms with Gasteiger partial charge in [0.2, 0.25) is 0 Å². The molecule has 0 aliphatic rings. The molecule has 0 fully saturated rings. The van der Waals surface area contributed by atoms with Gasteiger partial charge in [-0.1, -0.05) is 12.1 Å². The van der Waals surface area contributed by atoms with Crippen LogP contribution in [0.3, 0.4) is 0 Å². The lowest BCUT2D eigenvalue weighted by Gasteiger charge is -2.19. The lowest BCUT2D eigenvalue weighted by Crippen LogP contribution is -2.24. The van der Waals surface area contributed by atoms with Gasteiger partial charge in [0.15, 0.2) is 0 Å². The summed E-state index contributed by atoms with van der Waals surface area (Å²) in [6.45, 7) is 0.720. The molecular formula is C17H21N5O. The highest BCUT2D eigenvalue weighted by Gasteiger charge is 2.18. The molecule has 0 amide bonds. The van der Waals surface area contributed by atoms with E-state index >= 15 is 0 Å². The van der Waals surface area contributed by atoms with Crippen molar-refractivity contribution in [3.05, 3.63) is 66.0 Å². The number of aryl methyl sites for hydroxylation is 2. The molecule has 0 aliphatic heterocycles. The molecule has 1 N–H and O–H groups in total. The number of benzene rings is 1. The number of hydrogen-bond donors (Lipinski definition) is 1. The summed E-state index contributed by atoms with van der Waals surface area (Å²) in [5.74, 6) is 1.82. The van der Waals surface area contributed by atoms with Crippen molar-refractivity contribution in [2.24, 2.45) is 14.1 Å². The number of imidazole rings is 1. The Bertz CT molecular complexity index is 759. The van der Waals surface area contributed by atoms with Crippen LogP contribution < -0.4 is 10.1 Å². The fourth-order valence-corrected chi connectivity index (χ4v) is 2.59. The molecule has 6 heteroatoms. The predicted molar refractivity (Wildman–Crippen MR) is 88.1 cm³/mol. The molecule has 0 saturated carbocycles. The third-order valence-electron chi connectivity index (χ3n) is 3.83. The zero-order valence-corrected chi connectivity index (χ0v) is 13.6. The normalized spacial score (nSPS) is 12.3. The highest BCUT2D eigenvalue weighted by Crippen LogP contribution is 2.23. The van der Waals surface area contributed by atoms with E-state index < -0.39 is 0 Å². The predicted octanol–water partition coefficient (Wildman–Crippen LogP) is 2.04. The summed E-state index contributed by atoms with van der Waals surface area (Å²) in [5.41, 5.74) is 2.28. The number of aromatic nitrogens is 4. The van der Waals surface area contributed by atoms with Crippen molar-refractivity contribution in [3.63, 3.8) is 0 Å². The zero-order chi connectivity index (χ0) is 16.2. The summed E-state index contributed by atoms with van der Waals surface area (Å²) in [5, 5.41) is 7.78. The average Bonchev–Trinajstić information content (AvgIpc) is 3.17. The molecule has 1 aromatic carbocycles. The molecule has 23 heavy (non-hydrogen) atoms. The Morgan fingerprint density at radius 1 is 1.22 bits per heavy atom. The van der Waals surface area contributed by atoms with Gasteiger partial charge in [-0.15, -0.1) is 0 Å². The third kappa shape index (κ3) is 3.43. The van der Waals surface area contributed by atoms with Crippen LogP contribution in [-0.4, -0.2) is 26.4 Å². The van der Waals surface area contributed by atoms with Crippen molar-refractivity contribution < 1.29 is 4.74 Å². The van der Waals surface area contributed by atoms with Crippen LogP contribution in [0, 0.1) is 0 Å². The van der Waals surface area contributed by atoms with E-state index in [-0.39, 0.29) is 6.04 Å². The van der Waals surface area contributed by atoms with Crippen LogP contribution >= 0.6 is 0 Å². The summed E-state index contributed by atoms with van der Waals surface area (Å²) in [4.78, 5) is 4.50. The number of ether oxygens (including phenoxy) is 1. The molecule has 0 radical (unpaired) electrons. The Morgan fingerprint density at radius 2 is 2.00 bits per heavy atom. The van der Waals surface area contributed by atoms with Gasteiger partial charge in [-0.25, -0.2) is 4.98 Å². The van der Waals surface area contributed by atoms with Gasteiger partial charge in [0.25, 0.3) is 0 Å². The fourth-order valence-electron chi connectivity index (χ4n) is 2.59. The van der Waals surface area contributed by atoms with E-state index in [1.807, 2.05) is 55.6 Å². The topological polar surface area (TPSA) is 56.9 Å². The Hall–Kier alpha value is -2.60. The number of methoxy groups -OCH3 is 1. The van der Waals surface area contributed by atoms with Crippen molar-refractivity contribution in [1.82, 2.24) is 24.6 Å². The van der Waals surface area contributed by atoms with Gasteiger partial charge in [-0.2, -0.15) is 5.10 Å². The zero-order valence-electron chi connectivity index (χ0n) is 13.6. The maximum absolute atomic E-state index is 5.24. The van der Waals surface area contributed by atoms with Gasteiger partial charge >= 0.3 is 0 Å². The van der Waals surface area contributed by atoms with Crippen LogP contribution in [0.1, 0.15) is 23.0 Å². The van der Waals surface area contributed by atoms with Crippen LogP contribution in [0.4, 0.5) is 0 Å². The van der Waals surface area contributed by atoms with Crippen LogP contribution in [-0.2, 0) is 20.6 Å². The molecular weight excluding hydrogens is 290 g/mol. The van der Waals surface area contributed by atoms with Crippen molar-refractivity contribution in [1.29, 1.82) is 0 Å². The smallest absolute Gasteiger partial charge is 0.130 e. The Labute approximate surface area is 135 Å². The largest absolute Gasteiger partial charge is 0.497 e.